The lowest BCUT2D eigenvalue weighted by Gasteiger charge is -2.17. The van der Waals surface area contributed by atoms with Gasteiger partial charge in [-0.3, -0.25) is 4.40 Å². The fourth-order valence-electron chi connectivity index (χ4n) is 4.23. The van der Waals surface area contributed by atoms with Crippen LogP contribution >= 0.6 is 0 Å². The molecule has 0 bridgehead atoms. The third-order valence-corrected chi connectivity index (χ3v) is 5.99. The first-order valence-corrected chi connectivity index (χ1v) is 10.9. The van der Waals surface area contributed by atoms with Crippen LogP contribution < -0.4 is 5.73 Å². The van der Waals surface area contributed by atoms with Crippen molar-refractivity contribution in [1.29, 1.82) is 0 Å². The van der Waals surface area contributed by atoms with Gasteiger partial charge in [-0.15, -0.1) is 10.2 Å². The number of nitrogens with zero attached hydrogens (tertiary/aromatic N) is 6. The smallest absolute Gasteiger partial charge is 0.206 e. The Balaban J connectivity index is 1.58. The van der Waals surface area contributed by atoms with E-state index in [0.717, 1.165) is 45.4 Å². The summed E-state index contributed by atoms with van der Waals surface area (Å²) in [5.41, 5.74) is 11.7. The highest BCUT2D eigenvalue weighted by molar-refractivity contribution is 5.98. The zero-order chi connectivity index (χ0) is 22.2. The number of aromatic nitrogens is 6. The Morgan fingerprint density at radius 2 is 1.85 bits per heavy atom. The Hall–Kier alpha value is -4.23. The van der Waals surface area contributed by atoms with Gasteiger partial charge < -0.3 is 5.73 Å². The molecule has 1 aromatic carbocycles. The quantitative estimate of drug-likeness (QED) is 0.455. The Morgan fingerprint density at radius 1 is 1.00 bits per heavy atom. The van der Waals surface area contributed by atoms with Crippen molar-refractivity contribution in [2.75, 3.05) is 6.54 Å². The van der Waals surface area contributed by atoms with Crippen LogP contribution in [0.3, 0.4) is 0 Å². The van der Waals surface area contributed by atoms with Gasteiger partial charge in [-0.1, -0.05) is 48.6 Å². The van der Waals surface area contributed by atoms with Crippen LogP contribution in [0, 0.1) is 5.92 Å². The third kappa shape index (κ3) is 3.39. The first-order valence-electron chi connectivity index (χ1n) is 10.9. The summed E-state index contributed by atoms with van der Waals surface area (Å²) in [6.45, 7) is 0.648. The normalized spacial score (nSPS) is 15.8. The standard InChI is InChI=1S/C26H21N7/c27-16-17-7-9-19(10-8-17)23-20(18-5-2-1-3-6-18)15-21-22(30-23)11-14-33-25(21)31-32-26(33)24-28-12-4-13-29-24/h1-7,9-15,17H,8,16,27H2. The van der Waals surface area contributed by atoms with E-state index in [1.807, 2.05) is 34.9 Å². The zero-order valence-corrected chi connectivity index (χ0v) is 17.8. The average Bonchev–Trinajstić information content (AvgIpc) is 3.34. The van der Waals surface area contributed by atoms with Crippen molar-refractivity contribution in [1.82, 2.24) is 29.5 Å². The third-order valence-electron chi connectivity index (χ3n) is 5.99. The van der Waals surface area contributed by atoms with E-state index in [0.29, 0.717) is 24.1 Å². The Kier molecular flexibility index (Phi) is 4.74. The number of pyridine rings is 2. The Morgan fingerprint density at radius 3 is 2.61 bits per heavy atom. The fraction of sp³-hybridized carbons (Fsp3) is 0.115. The molecule has 7 heteroatoms. The molecule has 1 unspecified atom stereocenters. The van der Waals surface area contributed by atoms with E-state index >= 15 is 0 Å². The molecule has 0 saturated carbocycles. The maximum atomic E-state index is 5.86. The molecule has 6 rings (SSSR count). The molecule has 33 heavy (non-hydrogen) atoms. The predicted octanol–water partition coefficient (Wildman–Crippen LogP) is 4.32. The minimum atomic E-state index is 0.378. The molecule has 0 aliphatic heterocycles. The second kappa shape index (κ2) is 8.03. The van der Waals surface area contributed by atoms with Crippen LogP contribution in [0.5, 0.6) is 0 Å². The summed E-state index contributed by atoms with van der Waals surface area (Å²) in [7, 11) is 0. The lowest BCUT2D eigenvalue weighted by molar-refractivity contribution is 0.671. The highest BCUT2D eigenvalue weighted by Gasteiger charge is 2.18. The summed E-state index contributed by atoms with van der Waals surface area (Å²) < 4.78 is 1.92. The van der Waals surface area contributed by atoms with Crippen LogP contribution in [0.4, 0.5) is 0 Å². The molecule has 1 atom stereocenters. The van der Waals surface area contributed by atoms with Gasteiger partial charge in [0.05, 0.1) is 11.2 Å². The summed E-state index contributed by atoms with van der Waals surface area (Å²) in [5, 5.41) is 9.77. The monoisotopic (exact) mass is 431 g/mol. The van der Waals surface area contributed by atoms with E-state index in [2.05, 4.69) is 56.6 Å². The molecule has 0 saturated heterocycles. The molecule has 0 fully saturated rings. The van der Waals surface area contributed by atoms with Gasteiger partial charge in [-0.05, 0) is 48.2 Å². The highest BCUT2D eigenvalue weighted by Crippen LogP contribution is 2.34. The molecule has 160 valence electrons. The van der Waals surface area contributed by atoms with Crippen molar-refractivity contribution < 1.29 is 0 Å². The second-order valence-electron chi connectivity index (χ2n) is 8.04. The van der Waals surface area contributed by atoms with Gasteiger partial charge in [0.25, 0.3) is 0 Å². The van der Waals surface area contributed by atoms with E-state index in [9.17, 15) is 0 Å². The molecular weight excluding hydrogens is 410 g/mol. The van der Waals surface area contributed by atoms with Crippen LogP contribution in [0.15, 0.2) is 85.3 Å². The van der Waals surface area contributed by atoms with Gasteiger partial charge in [-0.2, -0.15) is 0 Å². The molecule has 0 radical (unpaired) electrons. The highest BCUT2D eigenvalue weighted by atomic mass is 15.3. The van der Waals surface area contributed by atoms with E-state index < -0.39 is 0 Å². The lowest BCUT2D eigenvalue weighted by Crippen LogP contribution is -2.13. The number of hydrogen-bond donors (Lipinski definition) is 1. The number of hydrogen-bond acceptors (Lipinski definition) is 6. The molecular formula is C26H21N7. The SMILES string of the molecule is NCC1C=CC(c2nc3ccn4c(-c5ncccn5)nnc4c3cc2-c2ccccc2)=CC1. The van der Waals surface area contributed by atoms with Gasteiger partial charge in [-0.25, -0.2) is 15.0 Å². The number of allylic oxidation sites excluding steroid dienone is 3. The van der Waals surface area contributed by atoms with Crippen molar-refractivity contribution >= 4 is 22.1 Å². The molecule has 1 aliphatic rings. The van der Waals surface area contributed by atoms with Gasteiger partial charge >= 0.3 is 0 Å². The van der Waals surface area contributed by atoms with E-state index in [4.69, 9.17) is 10.7 Å². The van der Waals surface area contributed by atoms with Crippen molar-refractivity contribution in [3.05, 3.63) is 91.0 Å². The lowest BCUT2D eigenvalue weighted by atomic mass is 9.91. The molecule has 4 heterocycles. The van der Waals surface area contributed by atoms with Crippen LogP contribution in [0.25, 0.3) is 44.9 Å². The molecule has 5 aromatic rings. The van der Waals surface area contributed by atoms with Crippen molar-refractivity contribution in [2.45, 2.75) is 6.42 Å². The van der Waals surface area contributed by atoms with Crippen LogP contribution in [0.1, 0.15) is 12.1 Å². The first-order chi connectivity index (χ1) is 16.3. The summed E-state index contributed by atoms with van der Waals surface area (Å²) in [5.74, 6) is 1.51. The predicted molar refractivity (Wildman–Crippen MR) is 129 cm³/mol. The van der Waals surface area contributed by atoms with Gasteiger partial charge in [0.2, 0.25) is 5.82 Å². The summed E-state index contributed by atoms with van der Waals surface area (Å²) in [6, 6.07) is 16.3. The van der Waals surface area contributed by atoms with Crippen molar-refractivity contribution in [3.63, 3.8) is 0 Å². The number of fused-ring (bicyclic) bond motifs is 3. The molecule has 0 amide bonds. The van der Waals surface area contributed by atoms with E-state index in [-0.39, 0.29) is 0 Å². The second-order valence-corrected chi connectivity index (χ2v) is 8.04. The van der Waals surface area contributed by atoms with E-state index in [1.54, 1.807) is 18.5 Å². The fourth-order valence-corrected chi connectivity index (χ4v) is 4.23. The average molecular weight is 432 g/mol. The molecule has 7 nitrogen and oxygen atoms in total. The van der Waals surface area contributed by atoms with Gasteiger partial charge in [0, 0.05) is 29.5 Å². The molecule has 2 N–H and O–H groups in total. The van der Waals surface area contributed by atoms with Crippen LogP contribution in [0.2, 0.25) is 0 Å². The maximum absolute atomic E-state index is 5.86. The zero-order valence-electron chi connectivity index (χ0n) is 17.8. The largest absolute Gasteiger partial charge is 0.330 e. The Labute approximate surface area is 190 Å². The maximum Gasteiger partial charge on any atom is 0.206 e. The number of nitrogens with two attached hydrogens (primary N) is 1. The van der Waals surface area contributed by atoms with Crippen LogP contribution in [-0.4, -0.2) is 36.1 Å². The molecule has 4 aromatic heterocycles. The van der Waals surface area contributed by atoms with Crippen LogP contribution in [-0.2, 0) is 0 Å². The first kappa shape index (κ1) is 19.5. The van der Waals surface area contributed by atoms with E-state index in [1.165, 1.54) is 0 Å². The minimum Gasteiger partial charge on any atom is -0.330 e. The number of rotatable bonds is 4. The molecule has 0 spiro atoms. The minimum absolute atomic E-state index is 0.378. The van der Waals surface area contributed by atoms with Gasteiger partial charge in [0.15, 0.2) is 11.5 Å². The summed E-state index contributed by atoms with van der Waals surface area (Å²) in [6.07, 6.45) is 12.8. The van der Waals surface area contributed by atoms with Crippen molar-refractivity contribution in [2.24, 2.45) is 11.7 Å². The topological polar surface area (TPSA) is 94.9 Å². The number of benzene rings is 1. The Bertz CT molecular complexity index is 1520. The summed E-state index contributed by atoms with van der Waals surface area (Å²) in [4.78, 5) is 13.8. The van der Waals surface area contributed by atoms with Gasteiger partial charge in [0.1, 0.15) is 0 Å². The van der Waals surface area contributed by atoms with Crippen molar-refractivity contribution in [3.8, 4) is 22.8 Å². The summed E-state index contributed by atoms with van der Waals surface area (Å²) >= 11 is 0. The molecule has 1 aliphatic carbocycles.